The van der Waals surface area contributed by atoms with E-state index < -0.39 is 46.7 Å². The van der Waals surface area contributed by atoms with Gasteiger partial charge in [0.05, 0.1) is 10.9 Å². The smallest absolute Gasteiger partial charge is 0.416 e. The molecular weight excluding hydrogens is 517 g/mol. The summed E-state index contributed by atoms with van der Waals surface area (Å²) in [7, 11) is 0. The van der Waals surface area contributed by atoms with Crippen LogP contribution in [0.3, 0.4) is 0 Å². The molecule has 8 nitrogen and oxygen atoms in total. The molecule has 1 aliphatic rings. The summed E-state index contributed by atoms with van der Waals surface area (Å²) in [6, 6.07) is 5.81. The van der Waals surface area contributed by atoms with Gasteiger partial charge < -0.3 is 25.5 Å². The van der Waals surface area contributed by atoms with Gasteiger partial charge in [-0.1, -0.05) is 12.1 Å². The fraction of sp³-hybridized carbons (Fsp3) is 0.400. The van der Waals surface area contributed by atoms with Crippen LogP contribution in [0.1, 0.15) is 45.5 Å². The molecule has 1 saturated heterocycles. The SMILES string of the molecule is Cc1cc(O)c(C)c(C(=O)NC2C(Cl)CN(C(=O)CCCc3ccc(C(F)(F)F)cc3)[C@]2(O)C(=O)O)c1. The molecule has 3 rings (SSSR count). The van der Waals surface area contributed by atoms with Crippen LogP contribution in [-0.2, 0) is 22.2 Å². The summed E-state index contributed by atoms with van der Waals surface area (Å²) in [6.45, 7) is 2.77. The Kier molecular flexibility index (Phi) is 8.09. The van der Waals surface area contributed by atoms with Gasteiger partial charge in [-0.3, -0.25) is 9.59 Å². The summed E-state index contributed by atoms with van der Waals surface area (Å²) >= 11 is 6.29. The van der Waals surface area contributed by atoms with E-state index in [4.69, 9.17) is 11.6 Å². The number of aliphatic carboxylic acids is 1. The van der Waals surface area contributed by atoms with Crippen LogP contribution in [0.5, 0.6) is 5.75 Å². The Hall–Kier alpha value is -3.31. The number of aryl methyl sites for hydroxylation is 2. The zero-order valence-electron chi connectivity index (χ0n) is 20.0. The number of carbonyl (C=O) groups is 3. The Morgan fingerprint density at radius 1 is 1.16 bits per heavy atom. The average molecular weight is 543 g/mol. The predicted molar refractivity (Wildman–Crippen MR) is 127 cm³/mol. The minimum Gasteiger partial charge on any atom is -0.508 e. The van der Waals surface area contributed by atoms with E-state index in [1.807, 2.05) is 0 Å². The van der Waals surface area contributed by atoms with E-state index in [0.717, 1.165) is 12.1 Å². The third-order valence-corrected chi connectivity index (χ3v) is 6.76. The second-order valence-corrected chi connectivity index (χ2v) is 9.57. The maximum atomic E-state index is 12.9. The topological polar surface area (TPSA) is 127 Å². The van der Waals surface area contributed by atoms with Crippen molar-refractivity contribution in [3.8, 4) is 5.75 Å². The fourth-order valence-electron chi connectivity index (χ4n) is 4.30. The Bertz CT molecular complexity index is 1200. The molecule has 0 spiro atoms. The van der Waals surface area contributed by atoms with Gasteiger partial charge in [-0.15, -0.1) is 11.6 Å². The van der Waals surface area contributed by atoms with Crippen molar-refractivity contribution in [1.82, 2.24) is 10.2 Å². The maximum absolute atomic E-state index is 12.9. The number of carbonyl (C=O) groups excluding carboxylic acids is 2. The molecule has 4 N–H and O–H groups in total. The molecule has 0 aliphatic carbocycles. The number of carboxylic acid groups (broad SMARTS) is 1. The lowest BCUT2D eigenvalue weighted by molar-refractivity contribution is -0.185. The van der Waals surface area contributed by atoms with Gasteiger partial charge >= 0.3 is 12.1 Å². The lowest BCUT2D eigenvalue weighted by atomic mass is 10.0. The van der Waals surface area contributed by atoms with Gasteiger partial charge in [0.25, 0.3) is 11.6 Å². The third kappa shape index (κ3) is 5.83. The van der Waals surface area contributed by atoms with Gasteiger partial charge in [-0.2, -0.15) is 13.2 Å². The second-order valence-electron chi connectivity index (χ2n) is 9.01. The minimum absolute atomic E-state index is 0.0513. The summed E-state index contributed by atoms with van der Waals surface area (Å²) in [6.07, 6.45) is -4.27. The first-order valence-electron chi connectivity index (χ1n) is 11.3. The van der Waals surface area contributed by atoms with Gasteiger partial charge in [0, 0.05) is 24.1 Å². The van der Waals surface area contributed by atoms with E-state index in [9.17, 15) is 42.9 Å². The quantitative estimate of drug-likeness (QED) is 0.397. The van der Waals surface area contributed by atoms with Crippen LogP contribution < -0.4 is 5.32 Å². The first-order chi connectivity index (χ1) is 17.2. The zero-order chi connectivity index (χ0) is 27.7. The van der Waals surface area contributed by atoms with Crippen molar-refractivity contribution in [2.45, 2.75) is 56.4 Å². The van der Waals surface area contributed by atoms with Crippen molar-refractivity contribution in [1.29, 1.82) is 0 Å². The highest BCUT2D eigenvalue weighted by atomic mass is 35.5. The van der Waals surface area contributed by atoms with Gasteiger partial charge in [0.15, 0.2) is 0 Å². The largest absolute Gasteiger partial charge is 0.508 e. The molecule has 1 fully saturated rings. The summed E-state index contributed by atoms with van der Waals surface area (Å²) in [5.74, 6) is -3.47. The number of phenols is 1. The van der Waals surface area contributed by atoms with E-state index in [0.29, 0.717) is 16.0 Å². The van der Waals surface area contributed by atoms with Crippen LogP contribution >= 0.6 is 11.6 Å². The number of benzene rings is 2. The van der Waals surface area contributed by atoms with Gasteiger partial charge in [0.1, 0.15) is 11.8 Å². The molecular formula is C25H26ClF3N2O6. The second kappa shape index (κ2) is 10.6. The maximum Gasteiger partial charge on any atom is 0.416 e. The molecule has 3 atom stereocenters. The number of hydrogen-bond donors (Lipinski definition) is 4. The lowest BCUT2D eigenvalue weighted by Gasteiger charge is -2.34. The fourth-order valence-corrected chi connectivity index (χ4v) is 4.68. The van der Waals surface area contributed by atoms with Gasteiger partial charge in [0.2, 0.25) is 5.91 Å². The van der Waals surface area contributed by atoms with Crippen LogP contribution in [0.15, 0.2) is 36.4 Å². The number of carboxylic acids is 1. The van der Waals surface area contributed by atoms with E-state index in [1.165, 1.54) is 31.2 Å². The van der Waals surface area contributed by atoms with Crippen LogP contribution in [0, 0.1) is 13.8 Å². The molecule has 37 heavy (non-hydrogen) atoms. The number of halogens is 4. The molecule has 0 bridgehead atoms. The number of amides is 2. The number of phenolic OH excluding ortho intramolecular Hbond substituents is 1. The molecule has 2 unspecified atom stereocenters. The number of aromatic hydroxyl groups is 1. The van der Waals surface area contributed by atoms with E-state index in [-0.39, 0.29) is 42.7 Å². The summed E-state index contributed by atoms with van der Waals surface area (Å²) in [5, 5.41) is 32.1. The molecule has 1 aliphatic heterocycles. The number of nitrogens with one attached hydrogen (secondary N) is 1. The Morgan fingerprint density at radius 2 is 1.78 bits per heavy atom. The minimum atomic E-state index is -4.46. The highest BCUT2D eigenvalue weighted by Crippen LogP contribution is 2.33. The van der Waals surface area contributed by atoms with E-state index in [1.54, 1.807) is 6.92 Å². The zero-order valence-corrected chi connectivity index (χ0v) is 20.7. The molecule has 0 saturated carbocycles. The average Bonchev–Trinajstić information content (AvgIpc) is 3.07. The molecule has 12 heteroatoms. The van der Waals surface area contributed by atoms with Crippen molar-refractivity contribution in [2.24, 2.45) is 0 Å². The number of rotatable bonds is 7. The molecule has 0 aromatic heterocycles. The highest BCUT2D eigenvalue weighted by Gasteiger charge is 2.60. The molecule has 1 heterocycles. The number of hydrogen-bond acceptors (Lipinski definition) is 5. The van der Waals surface area contributed by atoms with Crippen molar-refractivity contribution >= 4 is 29.4 Å². The molecule has 2 aromatic rings. The normalized spacial score (nSPS) is 21.6. The number of aliphatic hydroxyl groups is 1. The Balaban J connectivity index is 1.71. The highest BCUT2D eigenvalue weighted by molar-refractivity contribution is 6.22. The summed E-state index contributed by atoms with van der Waals surface area (Å²) in [4.78, 5) is 38.6. The first kappa shape index (κ1) is 28.3. The van der Waals surface area contributed by atoms with Crippen LogP contribution in [0.2, 0.25) is 0 Å². The van der Waals surface area contributed by atoms with Crippen molar-refractivity contribution in [3.63, 3.8) is 0 Å². The molecule has 2 aromatic carbocycles. The number of alkyl halides is 4. The Morgan fingerprint density at radius 3 is 2.35 bits per heavy atom. The number of nitrogens with zero attached hydrogens (tertiary/aromatic N) is 1. The van der Waals surface area contributed by atoms with Crippen LogP contribution in [0.4, 0.5) is 13.2 Å². The third-order valence-electron chi connectivity index (χ3n) is 6.37. The van der Waals surface area contributed by atoms with Crippen LogP contribution in [-0.4, -0.2) is 61.7 Å². The van der Waals surface area contributed by atoms with Crippen molar-refractivity contribution < 1.29 is 42.9 Å². The van der Waals surface area contributed by atoms with Crippen LogP contribution in [0.25, 0.3) is 0 Å². The standard InChI is InChI=1S/C25H26ClF3N2O6/c1-13-10-17(14(2)19(32)11-13)22(34)30-21-18(26)12-31(24(21,37)23(35)36)20(33)5-3-4-15-6-8-16(9-7-15)25(27,28)29/h6-11,18,21,32,37H,3-5,12H2,1-2H3,(H,30,34)(H,35,36)/t18?,21?,24-/m1/s1. The first-order valence-corrected chi connectivity index (χ1v) is 11.8. The lowest BCUT2D eigenvalue weighted by Crippen LogP contribution is -2.63. The monoisotopic (exact) mass is 542 g/mol. The van der Waals surface area contributed by atoms with Gasteiger partial charge in [-0.05, 0) is 62.1 Å². The molecule has 200 valence electrons. The van der Waals surface area contributed by atoms with Crippen molar-refractivity contribution in [2.75, 3.05) is 6.54 Å². The molecule has 2 amide bonds. The van der Waals surface area contributed by atoms with E-state index >= 15 is 0 Å². The summed E-state index contributed by atoms with van der Waals surface area (Å²) < 4.78 is 38.1. The van der Waals surface area contributed by atoms with E-state index in [2.05, 4.69) is 5.32 Å². The summed E-state index contributed by atoms with van der Waals surface area (Å²) in [5.41, 5.74) is -2.23. The van der Waals surface area contributed by atoms with Crippen molar-refractivity contribution in [3.05, 3.63) is 64.2 Å². The number of likely N-dealkylation sites (tertiary alicyclic amines) is 1. The van der Waals surface area contributed by atoms with Gasteiger partial charge in [-0.25, -0.2) is 4.79 Å². The predicted octanol–water partition coefficient (Wildman–Crippen LogP) is 3.37. The molecule has 0 radical (unpaired) electrons. The Labute approximate surface area is 215 Å².